The quantitative estimate of drug-likeness (QED) is 0.770. The van der Waals surface area contributed by atoms with Gasteiger partial charge in [0.2, 0.25) is 0 Å². The summed E-state index contributed by atoms with van der Waals surface area (Å²) in [7, 11) is 0. The first-order valence-corrected chi connectivity index (χ1v) is 7.54. The number of aliphatic hydroxyl groups excluding tert-OH is 1. The van der Waals surface area contributed by atoms with Crippen molar-refractivity contribution in [3.63, 3.8) is 0 Å². The molecule has 1 aliphatic rings. The summed E-state index contributed by atoms with van der Waals surface area (Å²) in [5.41, 5.74) is 1.74. The SMILES string of the molecule is O=C(O)N1CCN(CCC(O)c2ccc3[nH]c(=O)oc3c2)CC1. The molecule has 1 amide bonds. The van der Waals surface area contributed by atoms with E-state index in [2.05, 4.69) is 9.88 Å². The number of aromatic amines is 1. The topological polar surface area (TPSA) is 110 Å². The van der Waals surface area contributed by atoms with E-state index >= 15 is 0 Å². The first-order chi connectivity index (χ1) is 11.0. The molecule has 2 aromatic rings. The van der Waals surface area contributed by atoms with Crippen LogP contribution in [0.2, 0.25) is 0 Å². The van der Waals surface area contributed by atoms with Crippen LogP contribution in [0.3, 0.4) is 0 Å². The van der Waals surface area contributed by atoms with Crippen LogP contribution in [0.5, 0.6) is 0 Å². The Morgan fingerprint density at radius 3 is 2.74 bits per heavy atom. The summed E-state index contributed by atoms with van der Waals surface area (Å²) in [6.45, 7) is 3.01. The van der Waals surface area contributed by atoms with Crippen LogP contribution in [0.25, 0.3) is 11.1 Å². The Labute approximate surface area is 131 Å². The van der Waals surface area contributed by atoms with Crippen molar-refractivity contribution >= 4 is 17.2 Å². The number of nitrogens with zero attached hydrogens (tertiary/aromatic N) is 2. The maximum Gasteiger partial charge on any atom is 0.417 e. The van der Waals surface area contributed by atoms with Crippen LogP contribution < -0.4 is 5.76 Å². The smallest absolute Gasteiger partial charge is 0.417 e. The predicted molar refractivity (Wildman–Crippen MR) is 82.4 cm³/mol. The van der Waals surface area contributed by atoms with Gasteiger partial charge in [0.15, 0.2) is 5.58 Å². The van der Waals surface area contributed by atoms with E-state index in [0.717, 1.165) is 0 Å². The van der Waals surface area contributed by atoms with Crippen LogP contribution in [0.1, 0.15) is 18.1 Å². The highest BCUT2D eigenvalue weighted by molar-refractivity contribution is 5.72. The molecule has 124 valence electrons. The first-order valence-electron chi connectivity index (χ1n) is 7.54. The van der Waals surface area contributed by atoms with E-state index in [1.807, 2.05) is 0 Å². The summed E-state index contributed by atoms with van der Waals surface area (Å²) >= 11 is 0. The van der Waals surface area contributed by atoms with E-state index in [-0.39, 0.29) is 0 Å². The van der Waals surface area contributed by atoms with E-state index < -0.39 is 18.0 Å². The summed E-state index contributed by atoms with van der Waals surface area (Å²) in [6, 6.07) is 5.14. The minimum Gasteiger partial charge on any atom is -0.465 e. The second-order valence-electron chi connectivity index (χ2n) is 5.69. The zero-order valence-corrected chi connectivity index (χ0v) is 12.6. The minimum absolute atomic E-state index is 0.432. The van der Waals surface area contributed by atoms with Crippen molar-refractivity contribution in [1.29, 1.82) is 0 Å². The second kappa shape index (κ2) is 6.43. The molecule has 1 saturated heterocycles. The molecule has 1 unspecified atom stereocenters. The fraction of sp³-hybridized carbons (Fsp3) is 0.467. The molecule has 0 radical (unpaired) electrons. The number of aromatic nitrogens is 1. The molecule has 8 nitrogen and oxygen atoms in total. The zero-order chi connectivity index (χ0) is 16.4. The number of hydrogen-bond donors (Lipinski definition) is 3. The number of amides is 1. The zero-order valence-electron chi connectivity index (χ0n) is 12.6. The molecule has 1 fully saturated rings. The summed E-state index contributed by atoms with van der Waals surface area (Å²) < 4.78 is 4.99. The number of nitrogens with one attached hydrogen (secondary N) is 1. The van der Waals surface area contributed by atoms with Crippen LogP contribution in [0, 0.1) is 0 Å². The number of piperazine rings is 1. The molecule has 0 saturated carbocycles. The molecule has 0 spiro atoms. The van der Waals surface area contributed by atoms with E-state index in [9.17, 15) is 14.7 Å². The van der Waals surface area contributed by atoms with Crippen LogP contribution in [0.15, 0.2) is 27.4 Å². The van der Waals surface area contributed by atoms with Gasteiger partial charge in [0.05, 0.1) is 11.6 Å². The number of rotatable bonds is 4. The standard InChI is InChI=1S/C15H19N3O5/c19-12(3-4-17-5-7-18(8-6-17)15(21)22)10-1-2-11-13(9-10)23-14(20)16-11/h1-2,9,12,19H,3-8H2,(H,16,20)(H,21,22). The lowest BCUT2D eigenvalue weighted by atomic mass is 10.1. The summed E-state index contributed by atoms with van der Waals surface area (Å²) in [5.74, 6) is -0.511. The maximum atomic E-state index is 11.1. The maximum absolute atomic E-state index is 11.1. The van der Waals surface area contributed by atoms with Crippen molar-refractivity contribution in [3.8, 4) is 0 Å². The molecule has 1 atom stereocenters. The van der Waals surface area contributed by atoms with Crippen LogP contribution >= 0.6 is 0 Å². The molecule has 1 aliphatic heterocycles. The highest BCUT2D eigenvalue weighted by Gasteiger charge is 2.21. The van der Waals surface area contributed by atoms with Gasteiger partial charge in [-0.05, 0) is 24.1 Å². The van der Waals surface area contributed by atoms with Crippen molar-refractivity contribution < 1.29 is 19.4 Å². The average molecular weight is 321 g/mol. The second-order valence-corrected chi connectivity index (χ2v) is 5.69. The number of carbonyl (C=O) groups is 1. The third-order valence-electron chi connectivity index (χ3n) is 4.19. The Hall–Kier alpha value is -2.32. The summed E-state index contributed by atoms with van der Waals surface area (Å²) in [6.07, 6.45) is -1.00. The lowest BCUT2D eigenvalue weighted by molar-refractivity contribution is 0.0914. The molecule has 23 heavy (non-hydrogen) atoms. The molecule has 2 heterocycles. The number of oxazole rings is 1. The lowest BCUT2D eigenvalue weighted by Crippen LogP contribution is -2.48. The number of fused-ring (bicyclic) bond motifs is 1. The van der Waals surface area contributed by atoms with Gasteiger partial charge < -0.3 is 19.5 Å². The summed E-state index contributed by atoms with van der Waals surface area (Å²) in [5, 5.41) is 19.2. The Morgan fingerprint density at radius 1 is 1.30 bits per heavy atom. The third kappa shape index (κ3) is 3.54. The normalized spacial score (nSPS) is 17.5. The van der Waals surface area contributed by atoms with Crippen LogP contribution in [0.4, 0.5) is 4.79 Å². The van der Waals surface area contributed by atoms with Gasteiger partial charge in [-0.1, -0.05) is 6.07 Å². The average Bonchev–Trinajstić information content (AvgIpc) is 2.92. The molecule has 3 rings (SSSR count). The first kappa shape index (κ1) is 15.6. The molecule has 1 aromatic heterocycles. The highest BCUT2D eigenvalue weighted by Crippen LogP contribution is 2.21. The van der Waals surface area contributed by atoms with Gasteiger partial charge in [-0.15, -0.1) is 0 Å². The van der Waals surface area contributed by atoms with E-state index in [0.29, 0.717) is 55.8 Å². The molecule has 3 N–H and O–H groups in total. The number of benzene rings is 1. The molecule has 0 aliphatic carbocycles. The molecule has 8 heteroatoms. The third-order valence-corrected chi connectivity index (χ3v) is 4.19. The van der Waals surface area contributed by atoms with E-state index in [1.54, 1.807) is 18.2 Å². The van der Waals surface area contributed by atoms with Crippen molar-refractivity contribution in [3.05, 3.63) is 34.3 Å². The number of H-pyrrole nitrogens is 1. The van der Waals surface area contributed by atoms with Gasteiger partial charge in [-0.2, -0.15) is 0 Å². The van der Waals surface area contributed by atoms with E-state index in [1.165, 1.54) is 4.90 Å². The molecular formula is C15H19N3O5. The van der Waals surface area contributed by atoms with Crippen LogP contribution in [-0.2, 0) is 0 Å². The monoisotopic (exact) mass is 321 g/mol. The van der Waals surface area contributed by atoms with Crippen molar-refractivity contribution in [2.24, 2.45) is 0 Å². The molecular weight excluding hydrogens is 302 g/mol. The highest BCUT2D eigenvalue weighted by atomic mass is 16.4. The van der Waals surface area contributed by atoms with Gasteiger partial charge in [0.25, 0.3) is 0 Å². The van der Waals surface area contributed by atoms with Gasteiger partial charge >= 0.3 is 11.8 Å². The molecule has 0 bridgehead atoms. The largest absolute Gasteiger partial charge is 0.465 e. The number of carboxylic acid groups (broad SMARTS) is 1. The Morgan fingerprint density at radius 2 is 2.04 bits per heavy atom. The Bertz CT molecular complexity index is 745. The van der Waals surface area contributed by atoms with Crippen LogP contribution in [-0.4, -0.2) is 63.8 Å². The van der Waals surface area contributed by atoms with E-state index in [4.69, 9.17) is 9.52 Å². The van der Waals surface area contributed by atoms with Gasteiger partial charge in [0, 0.05) is 32.7 Å². The van der Waals surface area contributed by atoms with Gasteiger partial charge in [-0.3, -0.25) is 9.88 Å². The predicted octanol–water partition coefficient (Wildman–Crippen LogP) is 0.840. The lowest BCUT2D eigenvalue weighted by Gasteiger charge is -2.33. The minimum atomic E-state index is -0.883. The van der Waals surface area contributed by atoms with Gasteiger partial charge in [-0.25, -0.2) is 9.59 Å². The van der Waals surface area contributed by atoms with Crippen molar-refractivity contribution in [1.82, 2.24) is 14.8 Å². The Kier molecular flexibility index (Phi) is 4.35. The van der Waals surface area contributed by atoms with Crippen molar-refractivity contribution in [2.45, 2.75) is 12.5 Å². The fourth-order valence-electron chi connectivity index (χ4n) is 2.80. The number of aliphatic hydroxyl groups is 1. The number of hydrogen-bond acceptors (Lipinski definition) is 5. The summed E-state index contributed by atoms with van der Waals surface area (Å²) in [4.78, 5) is 28.1. The fourth-order valence-corrected chi connectivity index (χ4v) is 2.80. The molecule has 1 aromatic carbocycles. The van der Waals surface area contributed by atoms with Gasteiger partial charge in [0.1, 0.15) is 0 Å². The van der Waals surface area contributed by atoms with Crippen molar-refractivity contribution in [2.75, 3.05) is 32.7 Å². The Balaban J connectivity index is 1.55.